The van der Waals surface area contributed by atoms with Crippen LogP contribution in [0, 0.1) is 17.8 Å². The van der Waals surface area contributed by atoms with E-state index >= 15 is 0 Å². The Morgan fingerprint density at radius 2 is 2.19 bits per heavy atom. The van der Waals surface area contributed by atoms with E-state index < -0.39 is 0 Å². The molecule has 2 bridgehead atoms. The van der Waals surface area contributed by atoms with E-state index in [0.717, 1.165) is 12.8 Å². The van der Waals surface area contributed by atoms with Crippen LogP contribution in [0.15, 0.2) is 18.3 Å². The Kier molecular flexibility index (Phi) is 3.85. The average molecular weight is 289 g/mol. The normalized spacial score (nSPS) is 30.7. The van der Waals surface area contributed by atoms with Crippen molar-refractivity contribution in [3.63, 3.8) is 0 Å². The molecule has 1 aromatic heterocycles. The lowest BCUT2D eigenvalue weighted by atomic mass is 9.84. The van der Waals surface area contributed by atoms with E-state index in [-0.39, 0.29) is 24.0 Å². The maximum Gasteiger partial charge on any atom is 0.238 e. The van der Waals surface area contributed by atoms with Gasteiger partial charge in [0.05, 0.1) is 12.0 Å². The standard InChI is InChI=1S/C16H23N3O2/c1-9(2)21-16-12(4-3-7-18-16)19-15(20)13-10-5-6-11(8-10)14(13)17/h3-4,7,9-11,13-14H,5-6,8,17H2,1-2H3,(H,19,20). The molecular formula is C16H23N3O2. The Hall–Kier alpha value is -1.62. The van der Waals surface area contributed by atoms with Gasteiger partial charge in [0, 0.05) is 12.2 Å². The van der Waals surface area contributed by atoms with Crippen molar-refractivity contribution in [1.82, 2.24) is 4.98 Å². The topological polar surface area (TPSA) is 77.2 Å². The minimum Gasteiger partial charge on any atom is -0.473 e. The van der Waals surface area contributed by atoms with Crippen LogP contribution in [0.4, 0.5) is 5.69 Å². The third kappa shape index (κ3) is 2.75. The van der Waals surface area contributed by atoms with Gasteiger partial charge in [-0.15, -0.1) is 0 Å². The first-order valence-corrected chi connectivity index (χ1v) is 7.74. The number of carbonyl (C=O) groups is 1. The molecule has 4 atom stereocenters. The van der Waals surface area contributed by atoms with Gasteiger partial charge >= 0.3 is 0 Å². The van der Waals surface area contributed by atoms with Crippen molar-refractivity contribution < 1.29 is 9.53 Å². The molecule has 1 heterocycles. The highest BCUT2D eigenvalue weighted by molar-refractivity contribution is 5.94. The molecule has 0 aliphatic heterocycles. The number of ether oxygens (including phenoxy) is 1. The Morgan fingerprint density at radius 1 is 1.43 bits per heavy atom. The number of pyridine rings is 1. The molecule has 4 unspecified atom stereocenters. The van der Waals surface area contributed by atoms with E-state index in [1.165, 1.54) is 6.42 Å². The number of nitrogens with two attached hydrogens (primary N) is 1. The van der Waals surface area contributed by atoms with Gasteiger partial charge in [-0.25, -0.2) is 4.98 Å². The van der Waals surface area contributed by atoms with Gasteiger partial charge in [0.15, 0.2) is 0 Å². The fraction of sp³-hybridized carbons (Fsp3) is 0.625. The SMILES string of the molecule is CC(C)Oc1ncccc1NC(=O)C1C2CCC(C2)C1N. The number of aromatic nitrogens is 1. The van der Waals surface area contributed by atoms with Gasteiger partial charge < -0.3 is 15.8 Å². The van der Waals surface area contributed by atoms with Gasteiger partial charge in [-0.1, -0.05) is 0 Å². The highest BCUT2D eigenvalue weighted by atomic mass is 16.5. The summed E-state index contributed by atoms with van der Waals surface area (Å²) < 4.78 is 5.64. The van der Waals surface area contributed by atoms with Gasteiger partial charge in [0.1, 0.15) is 5.69 Å². The second kappa shape index (κ2) is 5.64. The Labute approximate surface area is 125 Å². The predicted molar refractivity (Wildman–Crippen MR) is 80.9 cm³/mol. The number of hydrogen-bond donors (Lipinski definition) is 2. The molecule has 0 saturated heterocycles. The summed E-state index contributed by atoms with van der Waals surface area (Å²) in [6.07, 6.45) is 5.07. The zero-order valence-corrected chi connectivity index (χ0v) is 12.6. The van der Waals surface area contributed by atoms with Crippen LogP contribution in [-0.2, 0) is 4.79 Å². The van der Waals surface area contributed by atoms with Crippen molar-refractivity contribution in [3.8, 4) is 5.88 Å². The largest absolute Gasteiger partial charge is 0.473 e. The maximum absolute atomic E-state index is 12.6. The maximum atomic E-state index is 12.6. The average Bonchev–Trinajstić information content (AvgIpc) is 3.01. The quantitative estimate of drug-likeness (QED) is 0.890. The van der Waals surface area contributed by atoms with Crippen LogP contribution in [0.5, 0.6) is 5.88 Å². The van der Waals surface area contributed by atoms with Crippen LogP contribution in [-0.4, -0.2) is 23.0 Å². The lowest BCUT2D eigenvalue weighted by Crippen LogP contribution is -2.42. The molecule has 21 heavy (non-hydrogen) atoms. The lowest BCUT2D eigenvalue weighted by molar-refractivity contribution is -0.121. The van der Waals surface area contributed by atoms with E-state index in [1.807, 2.05) is 19.9 Å². The summed E-state index contributed by atoms with van der Waals surface area (Å²) in [6.45, 7) is 3.87. The first-order chi connectivity index (χ1) is 10.1. The van der Waals surface area contributed by atoms with Crippen LogP contribution < -0.4 is 15.8 Å². The van der Waals surface area contributed by atoms with Crippen LogP contribution >= 0.6 is 0 Å². The summed E-state index contributed by atoms with van der Waals surface area (Å²) in [5.41, 5.74) is 6.86. The molecule has 1 amide bonds. The van der Waals surface area contributed by atoms with E-state index in [4.69, 9.17) is 10.5 Å². The summed E-state index contributed by atoms with van der Waals surface area (Å²) in [5.74, 6) is 1.37. The summed E-state index contributed by atoms with van der Waals surface area (Å²) >= 11 is 0. The fourth-order valence-electron chi connectivity index (χ4n) is 3.74. The Bertz CT molecular complexity index is 530. The zero-order valence-electron chi connectivity index (χ0n) is 12.6. The second-order valence-electron chi connectivity index (χ2n) is 6.45. The van der Waals surface area contributed by atoms with Crippen LogP contribution in [0.3, 0.4) is 0 Å². The highest BCUT2D eigenvalue weighted by Crippen LogP contribution is 2.48. The second-order valence-corrected chi connectivity index (χ2v) is 6.45. The number of nitrogens with one attached hydrogen (secondary N) is 1. The van der Waals surface area contributed by atoms with Gasteiger partial charge in [-0.2, -0.15) is 0 Å². The van der Waals surface area contributed by atoms with Crippen LogP contribution in [0.1, 0.15) is 33.1 Å². The molecule has 0 aromatic carbocycles. The van der Waals surface area contributed by atoms with Gasteiger partial charge in [0.25, 0.3) is 0 Å². The Balaban J connectivity index is 1.73. The summed E-state index contributed by atoms with van der Waals surface area (Å²) in [4.78, 5) is 16.8. The number of fused-ring (bicyclic) bond motifs is 2. The van der Waals surface area contributed by atoms with Crippen molar-refractivity contribution >= 4 is 11.6 Å². The smallest absolute Gasteiger partial charge is 0.238 e. The molecule has 0 radical (unpaired) electrons. The van der Waals surface area contributed by atoms with Crippen molar-refractivity contribution in [2.75, 3.05) is 5.32 Å². The molecule has 3 rings (SSSR count). The molecule has 5 nitrogen and oxygen atoms in total. The third-order valence-corrected chi connectivity index (χ3v) is 4.66. The van der Waals surface area contributed by atoms with E-state index in [9.17, 15) is 4.79 Å². The molecule has 114 valence electrons. The van der Waals surface area contributed by atoms with E-state index in [0.29, 0.717) is 23.4 Å². The van der Waals surface area contributed by atoms with Crippen molar-refractivity contribution in [3.05, 3.63) is 18.3 Å². The monoisotopic (exact) mass is 289 g/mol. The predicted octanol–water partition coefficient (Wildman–Crippen LogP) is 2.18. The number of nitrogens with zero attached hydrogens (tertiary/aromatic N) is 1. The molecule has 2 saturated carbocycles. The van der Waals surface area contributed by atoms with E-state index in [1.54, 1.807) is 12.3 Å². The first kappa shape index (κ1) is 14.3. The highest BCUT2D eigenvalue weighted by Gasteiger charge is 2.49. The van der Waals surface area contributed by atoms with Crippen molar-refractivity contribution in [2.24, 2.45) is 23.5 Å². The Morgan fingerprint density at radius 3 is 2.86 bits per heavy atom. The molecule has 5 heteroatoms. The minimum absolute atomic E-state index is 0.00473. The third-order valence-electron chi connectivity index (χ3n) is 4.66. The van der Waals surface area contributed by atoms with Crippen molar-refractivity contribution in [2.45, 2.75) is 45.3 Å². The van der Waals surface area contributed by atoms with Crippen molar-refractivity contribution in [1.29, 1.82) is 0 Å². The summed E-state index contributed by atoms with van der Waals surface area (Å²) in [6, 6.07) is 3.61. The van der Waals surface area contributed by atoms with Gasteiger partial charge in [0.2, 0.25) is 11.8 Å². The number of hydrogen-bond acceptors (Lipinski definition) is 4. The molecule has 2 aliphatic carbocycles. The van der Waals surface area contributed by atoms with Crippen LogP contribution in [0.2, 0.25) is 0 Å². The lowest BCUT2D eigenvalue weighted by Gasteiger charge is -2.27. The summed E-state index contributed by atoms with van der Waals surface area (Å²) in [7, 11) is 0. The molecule has 0 spiro atoms. The van der Waals surface area contributed by atoms with E-state index in [2.05, 4.69) is 10.3 Å². The molecule has 1 aromatic rings. The fourth-order valence-corrected chi connectivity index (χ4v) is 3.74. The number of carbonyl (C=O) groups excluding carboxylic acids is 1. The molecular weight excluding hydrogens is 266 g/mol. The molecule has 2 aliphatic rings. The molecule has 3 N–H and O–H groups in total. The van der Waals surface area contributed by atoms with Gasteiger partial charge in [-0.05, 0) is 57.1 Å². The summed E-state index contributed by atoms with van der Waals surface area (Å²) in [5, 5.41) is 2.97. The number of anilines is 1. The minimum atomic E-state index is -0.0733. The zero-order chi connectivity index (χ0) is 15.0. The first-order valence-electron chi connectivity index (χ1n) is 7.74. The number of rotatable bonds is 4. The number of amides is 1. The van der Waals surface area contributed by atoms with Gasteiger partial charge in [-0.3, -0.25) is 4.79 Å². The molecule has 2 fully saturated rings. The van der Waals surface area contributed by atoms with Crippen LogP contribution in [0.25, 0.3) is 0 Å².